The highest BCUT2D eigenvalue weighted by Gasteiger charge is 2.16. The van der Waals surface area contributed by atoms with Crippen LogP contribution in [0.5, 0.6) is 5.75 Å². The normalized spacial score (nSPS) is 11.2. The van der Waals surface area contributed by atoms with Crippen LogP contribution in [0.25, 0.3) is 0 Å². The van der Waals surface area contributed by atoms with Crippen molar-refractivity contribution in [3.63, 3.8) is 0 Å². The molecule has 0 fully saturated rings. The zero-order valence-electron chi connectivity index (χ0n) is 10.4. The third-order valence-electron chi connectivity index (χ3n) is 2.52. The van der Waals surface area contributed by atoms with E-state index in [-0.39, 0.29) is 15.6 Å². The number of nitrogens with one attached hydrogen (secondary N) is 1. The molecule has 0 heterocycles. The highest BCUT2D eigenvalue weighted by atomic mass is 35.5. The van der Waals surface area contributed by atoms with Gasteiger partial charge in [0.2, 0.25) is 0 Å². The molecule has 0 aliphatic carbocycles. The first-order valence-electron chi connectivity index (χ1n) is 5.54. The van der Waals surface area contributed by atoms with Crippen LogP contribution >= 0.6 is 23.2 Å². The number of methoxy groups -OCH3 is 1. The molecule has 0 bridgehead atoms. The summed E-state index contributed by atoms with van der Waals surface area (Å²) in [5.74, 6) is 0.498. The molecule has 2 aromatic rings. The third kappa shape index (κ3) is 3.36. The van der Waals surface area contributed by atoms with E-state index in [9.17, 15) is 8.42 Å². The zero-order chi connectivity index (χ0) is 14.8. The molecule has 0 aromatic heterocycles. The monoisotopic (exact) mass is 331 g/mol. The summed E-state index contributed by atoms with van der Waals surface area (Å²) in [6.07, 6.45) is 0. The van der Waals surface area contributed by atoms with E-state index in [0.29, 0.717) is 10.8 Å². The second kappa shape index (κ2) is 5.91. The fourth-order valence-corrected chi connectivity index (χ4v) is 3.14. The topological polar surface area (TPSA) is 55.4 Å². The van der Waals surface area contributed by atoms with Gasteiger partial charge in [-0.05, 0) is 30.3 Å². The van der Waals surface area contributed by atoms with Crippen molar-refractivity contribution in [3.05, 3.63) is 52.5 Å². The predicted molar refractivity (Wildman–Crippen MR) is 80.3 cm³/mol. The van der Waals surface area contributed by atoms with Crippen LogP contribution in [0.1, 0.15) is 0 Å². The molecular formula is C13H11Cl2NO3S. The van der Waals surface area contributed by atoms with Crippen molar-refractivity contribution < 1.29 is 13.2 Å². The standard InChI is InChI=1S/C13H11Cl2NO3S/c1-19-10-5-6-12(15)13(8-10)16-20(17,18)11-4-2-3-9(14)7-11/h2-8,16H,1H3. The van der Waals surface area contributed by atoms with Gasteiger partial charge >= 0.3 is 0 Å². The van der Waals surface area contributed by atoms with Crippen molar-refractivity contribution in [3.8, 4) is 5.75 Å². The SMILES string of the molecule is COc1ccc(Cl)c(NS(=O)(=O)c2cccc(Cl)c2)c1. The van der Waals surface area contributed by atoms with Gasteiger partial charge in [-0.1, -0.05) is 29.3 Å². The van der Waals surface area contributed by atoms with E-state index in [1.165, 1.54) is 25.3 Å². The van der Waals surface area contributed by atoms with E-state index in [1.54, 1.807) is 24.3 Å². The van der Waals surface area contributed by atoms with Crippen LogP contribution in [-0.2, 0) is 10.0 Å². The van der Waals surface area contributed by atoms with Crippen molar-refractivity contribution in [2.45, 2.75) is 4.90 Å². The van der Waals surface area contributed by atoms with Crippen molar-refractivity contribution in [1.82, 2.24) is 0 Å². The van der Waals surface area contributed by atoms with Gasteiger partial charge in [0.25, 0.3) is 10.0 Å². The minimum atomic E-state index is -3.76. The molecule has 0 amide bonds. The Morgan fingerprint density at radius 2 is 1.85 bits per heavy atom. The second-order valence-corrected chi connectivity index (χ2v) is 6.43. The van der Waals surface area contributed by atoms with Gasteiger partial charge in [-0.25, -0.2) is 8.42 Å². The number of rotatable bonds is 4. The molecule has 2 aromatic carbocycles. The molecule has 106 valence electrons. The summed E-state index contributed by atoms with van der Waals surface area (Å²) in [5.41, 5.74) is 0.242. The number of anilines is 1. The van der Waals surface area contributed by atoms with E-state index >= 15 is 0 Å². The lowest BCUT2D eigenvalue weighted by molar-refractivity contribution is 0.415. The summed E-state index contributed by atoms with van der Waals surface area (Å²) in [5, 5.41) is 0.612. The van der Waals surface area contributed by atoms with Crippen LogP contribution in [0.3, 0.4) is 0 Å². The zero-order valence-corrected chi connectivity index (χ0v) is 12.8. The largest absolute Gasteiger partial charge is 0.497 e. The van der Waals surface area contributed by atoms with Gasteiger partial charge in [0, 0.05) is 11.1 Å². The van der Waals surface area contributed by atoms with Crippen molar-refractivity contribution >= 4 is 38.9 Å². The summed E-state index contributed by atoms with van der Waals surface area (Å²) in [4.78, 5) is 0.0592. The minimum absolute atomic E-state index is 0.0592. The van der Waals surface area contributed by atoms with Gasteiger partial charge < -0.3 is 4.74 Å². The molecule has 0 atom stereocenters. The lowest BCUT2D eigenvalue weighted by Gasteiger charge is -2.11. The molecule has 0 spiro atoms. The first-order chi connectivity index (χ1) is 9.42. The molecule has 0 saturated carbocycles. The first-order valence-corrected chi connectivity index (χ1v) is 7.78. The minimum Gasteiger partial charge on any atom is -0.497 e. The summed E-state index contributed by atoms with van der Waals surface area (Å²) in [7, 11) is -2.27. The molecule has 0 unspecified atom stereocenters. The lowest BCUT2D eigenvalue weighted by Crippen LogP contribution is -2.13. The number of hydrogen-bond donors (Lipinski definition) is 1. The van der Waals surface area contributed by atoms with E-state index in [4.69, 9.17) is 27.9 Å². The fourth-order valence-electron chi connectivity index (χ4n) is 1.55. The van der Waals surface area contributed by atoms with E-state index in [2.05, 4.69) is 4.72 Å². The van der Waals surface area contributed by atoms with Gasteiger partial charge in [-0.3, -0.25) is 4.72 Å². The van der Waals surface area contributed by atoms with Crippen LogP contribution in [0.15, 0.2) is 47.4 Å². The molecular weight excluding hydrogens is 321 g/mol. The van der Waals surface area contributed by atoms with Crippen LogP contribution in [0, 0.1) is 0 Å². The molecule has 0 aliphatic heterocycles. The van der Waals surface area contributed by atoms with E-state index < -0.39 is 10.0 Å². The molecule has 0 aliphatic rings. The van der Waals surface area contributed by atoms with Crippen molar-refractivity contribution in [1.29, 1.82) is 0 Å². The Bertz CT molecular complexity index is 732. The van der Waals surface area contributed by atoms with Crippen LogP contribution in [0.4, 0.5) is 5.69 Å². The summed E-state index contributed by atoms with van der Waals surface area (Å²) in [6, 6.07) is 10.7. The van der Waals surface area contributed by atoms with E-state index in [0.717, 1.165) is 0 Å². The van der Waals surface area contributed by atoms with E-state index in [1.807, 2.05) is 0 Å². The molecule has 2 rings (SSSR count). The number of ether oxygens (including phenoxy) is 1. The molecule has 0 radical (unpaired) electrons. The average Bonchev–Trinajstić information content (AvgIpc) is 2.41. The average molecular weight is 332 g/mol. The van der Waals surface area contributed by atoms with Crippen LogP contribution in [0.2, 0.25) is 10.0 Å². The van der Waals surface area contributed by atoms with Crippen LogP contribution < -0.4 is 9.46 Å². The smallest absolute Gasteiger partial charge is 0.261 e. The molecule has 0 saturated heterocycles. The number of halogens is 2. The Kier molecular flexibility index (Phi) is 4.42. The summed E-state index contributed by atoms with van der Waals surface area (Å²) < 4.78 is 31.9. The van der Waals surface area contributed by atoms with Crippen molar-refractivity contribution in [2.24, 2.45) is 0 Å². The fraction of sp³-hybridized carbons (Fsp3) is 0.0769. The maximum absolute atomic E-state index is 12.2. The highest BCUT2D eigenvalue weighted by molar-refractivity contribution is 7.92. The number of sulfonamides is 1. The Morgan fingerprint density at radius 1 is 1.10 bits per heavy atom. The molecule has 1 N–H and O–H groups in total. The molecule has 7 heteroatoms. The maximum atomic E-state index is 12.2. The molecule has 4 nitrogen and oxygen atoms in total. The Hall–Kier alpha value is -1.43. The quantitative estimate of drug-likeness (QED) is 0.926. The lowest BCUT2D eigenvalue weighted by atomic mass is 10.3. The first kappa shape index (κ1) is 15.0. The Labute approximate surface area is 127 Å². The maximum Gasteiger partial charge on any atom is 0.261 e. The molecule has 20 heavy (non-hydrogen) atoms. The Morgan fingerprint density at radius 3 is 2.50 bits per heavy atom. The van der Waals surface area contributed by atoms with Gasteiger partial charge in [0.05, 0.1) is 22.7 Å². The van der Waals surface area contributed by atoms with Crippen LogP contribution in [-0.4, -0.2) is 15.5 Å². The van der Waals surface area contributed by atoms with Gasteiger partial charge in [0.1, 0.15) is 5.75 Å². The van der Waals surface area contributed by atoms with Gasteiger partial charge in [-0.15, -0.1) is 0 Å². The third-order valence-corrected chi connectivity index (χ3v) is 4.45. The predicted octanol–water partition coefficient (Wildman–Crippen LogP) is 3.80. The van der Waals surface area contributed by atoms with Crippen molar-refractivity contribution in [2.75, 3.05) is 11.8 Å². The number of hydrogen-bond acceptors (Lipinski definition) is 3. The second-order valence-electron chi connectivity index (χ2n) is 3.91. The highest BCUT2D eigenvalue weighted by Crippen LogP contribution is 2.29. The number of benzene rings is 2. The summed E-state index contributed by atoms with van der Waals surface area (Å²) in [6.45, 7) is 0. The van der Waals surface area contributed by atoms with Gasteiger partial charge in [0.15, 0.2) is 0 Å². The summed E-state index contributed by atoms with van der Waals surface area (Å²) >= 11 is 11.8. The van der Waals surface area contributed by atoms with Gasteiger partial charge in [-0.2, -0.15) is 0 Å². The Balaban J connectivity index is 2.38.